The van der Waals surface area contributed by atoms with Gasteiger partial charge in [0.1, 0.15) is 6.10 Å². The van der Waals surface area contributed by atoms with Gasteiger partial charge in [-0.2, -0.15) is 4.37 Å². The summed E-state index contributed by atoms with van der Waals surface area (Å²) in [7, 11) is 0. The normalized spacial score (nSPS) is 21.8. The van der Waals surface area contributed by atoms with E-state index in [9.17, 15) is 14.7 Å². The maximum atomic E-state index is 13.2. The number of ether oxygens (including phenoxy) is 1. The highest BCUT2D eigenvalue weighted by molar-refractivity contribution is 7.13. The highest BCUT2D eigenvalue weighted by atomic mass is 32.1. The number of nitrogens with one attached hydrogen (secondary N) is 2. The molecule has 5 rings (SSSR count). The number of aliphatic hydroxyl groups is 1. The van der Waals surface area contributed by atoms with E-state index in [4.69, 9.17) is 4.74 Å². The molecule has 0 saturated carbocycles. The Labute approximate surface area is 190 Å². The maximum absolute atomic E-state index is 13.2. The minimum atomic E-state index is -1.08. The number of amides is 2. The van der Waals surface area contributed by atoms with Gasteiger partial charge in [-0.1, -0.05) is 30.3 Å². The third-order valence-electron chi connectivity index (χ3n) is 6.47. The van der Waals surface area contributed by atoms with Gasteiger partial charge in [-0.05, 0) is 60.0 Å². The van der Waals surface area contributed by atoms with Crippen LogP contribution in [0.1, 0.15) is 40.4 Å². The second-order valence-electron chi connectivity index (χ2n) is 8.41. The van der Waals surface area contributed by atoms with E-state index in [2.05, 4.69) is 15.0 Å². The molecule has 3 atom stereocenters. The predicted octanol–water partition coefficient (Wildman–Crippen LogP) is 2.60. The minimum absolute atomic E-state index is 0.107. The van der Waals surface area contributed by atoms with Crippen LogP contribution in [0.25, 0.3) is 10.1 Å². The van der Waals surface area contributed by atoms with Crippen molar-refractivity contribution in [2.24, 2.45) is 5.92 Å². The lowest BCUT2D eigenvalue weighted by Crippen LogP contribution is -2.49. The van der Waals surface area contributed by atoms with Crippen LogP contribution in [-0.2, 0) is 16.0 Å². The molecule has 2 heterocycles. The molecule has 8 heteroatoms. The van der Waals surface area contributed by atoms with Crippen LogP contribution in [0.4, 0.5) is 0 Å². The standard InChI is InChI=1S/C24H25N3O4S/c28-22(14-8-10-31-11-9-14)24(30)26-19-12-15-4-1-2-5-16(15)21(19)27-23(29)17-6-3-7-20-18(17)13-25-32-20/h1-7,13-14,19,21-22,28H,8-12H2,(H,26,30)(H,27,29)/t19-,21-,22?/m1/s1. The fraction of sp³-hybridized carbons (Fsp3) is 0.375. The largest absolute Gasteiger partial charge is 0.383 e. The Kier molecular flexibility index (Phi) is 5.91. The van der Waals surface area contributed by atoms with E-state index >= 15 is 0 Å². The van der Waals surface area contributed by atoms with Crippen molar-refractivity contribution in [3.8, 4) is 0 Å². The average molecular weight is 452 g/mol. The molecular weight excluding hydrogens is 426 g/mol. The van der Waals surface area contributed by atoms with Gasteiger partial charge < -0.3 is 20.5 Å². The van der Waals surface area contributed by atoms with Gasteiger partial charge in [0.2, 0.25) is 5.91 Å². The predicted molar refractivity (Wildman–Crippen MR) is 121 cm³/mol. The molecule has 2 aromatic carbocycles. The zero-order valence-electron chi connectivity index (χ0n) is 17.5. The fourth-order valence-corrected chi connectivity index (χ4v) is 5.40. The molecule has 1 unspecified atom stereocenters. The van der Waals surface area contributed by atoms with Gasteiger partial charge in [0.05, 0.1) is 16.8 Å². The van der Waals surface area contributed by atoms with E-state index in [-0.39, 0.29) is 23.9 Å². The van der Waals surface area contributed by atoms with Crippen molar-refractivity contribution in [1.29, 1.82) is 0 Å². The van der Waals surface area contributed by atoms with E-state index in [1.165, 1.54) is 11.5 Å². The number of carbonyl (C=O) groups is 2. The van der Waals surface area contributed by atoms with Crippen molar-refractivity contribution < 1.29 is 19.4 Å². The van der Waals surface area contributed by atoms with E-state index < -0.39 is 12.0 Å². The highest BCUT2D eigenvalue weighted by Crippen LogP contribution is 2.33. The van der Waals surface area contributed by atoms with E-state index in [1.807, 2.05) is 36.4 Å². The molecule has 0 bridgehead atoms. The van der Waals surface area contributed by atoms with Crippen molar-refractivity contribution in [2.45, 2.75) is 37.5 Å². The van der Waals surface area contributed by atoms with Crippen molar-refractivity contribution in [1.82, 2.24) is 15.0 Å². The van der Waals surface area contributed by atoms with Crippen LogP contribution in [0.15, 0.2) is 48.7 Å². The van der Waals surface area contributed by atoms with Gasteiger partial charge in [0.15, 0.2) is 0 Å². The number of aromatic nitrogens is 1. The Hall–Kier alpha value is -2.81. The molecule has 0 spiro atoms. The van der Waals surface area contributed by atoms with Gasteiger partial charge in [-0.3, -0.25) is 9.59 Å². The minimum Gasteiger partial charge on any atom is -0.383 e. The van der Waals surface area contributed by atoms with E-state index in [0.29, 0.717) is 38.0 Å². The quantitative estimate of drug-likeness (QED) is 0.554. The molecule has 1 fully saturated rings. The number of hydrogen-bond acceptors (Lipinski definition) is 6. The second-order valence-corrected chi connectivity index (χ2v) is 9.24. The zero-order chi connectivity index (χ0) is 22.1. The highest BCUT2D eigenvalue weighted by Gasteiger charge is 2.37. The van der Waals surface area contributed by atoms with Crippen LogP contribution >= 0.6 is 11.5 Å². The summed E-state index contributed by atoms with van der Waals surface area (Å²) in [5, 5.41) is 17.6. The summed E-state index contributed by atoms with van der Waals surface area (Å²) in [6, 6.07) is 12.7. The summed E-state index contributed by atoms with van der Waals surface area (Å²) in [4.78, 5) is 26.1. The Bertz CT molecular complexity index is 1140. The van der Waals surface area contributed by atoms with Crippen LogP contribution < -0.4 is 10.6 Å². The molecule has 3 N–H and O–H groups in total. The summed E-state index contributed by atoms with van der Waals surface area (Å²) >= 11 is 1.35. The van der Waals surface area contributed by atoms with Gasteiger partial charge in [-0.25, -0.2) is 0 Å². The zero-order valence-corrected chi connectivity index (χ0v) is 18.3. The van der Waals surface area contributed by atoms with Gasteiger partial charge in [0, 0.05) is 30.4 Å². The van der Waals surface area contributed by atoms with E-state index in [0.717, 1.165) is 21.2 Å². The summed E-state index contributed by atoms with van der Waals surface area (Å²) in [6.45, 7) is 1.12. The first kappa shape index (κ1) is 21.1. The SMILES string of the molecule is O=C(N[C@@H]1c2ccccc2C[C@H]1NC(=O)C(O)C1CCOCC1)c1cccc2sncc12. The molecule has 0 radical (unpaired) electrons. The number of benzene rings is 2. The third kappa shape index (κ3) is 4.01. The van der Waals surface area contributed by atoms with Crippen LogP contribution in [0, 0.1) is 5.92 Å². The molecule has 2 amide bonds. The third-order valence-corrected chi connectivity index (χ3v) is 7.23. The Morgan fingerprint density at radius 2 is 1.91 bits per heavy atom. The van der Waals surface area contributed by atoms with E-state index in [1.54, 1.807) is 12.3 Å². The van der Waals surface area contributed by atoms with Crippen molar-refractivity contribution in [3.63, 3.8) is 0 Å². The van der Waals surface area contributed by atoms with Crippen LogP contribution in [0.2, 0.25) is 0 Å². The first-order valence-electron chi connectivity index (χ1n) is 10.9. The number of fused-ring (bicyclic) bond motifs is 2. The summed E-state index contributed by atoms with van der Waals surface area (Å²) in [5.74, 6) is -0.705. The molecule has 1 aromatic heterocycles. The Balaban J connectivity index is 1.36. The number of nitrogens with zero attached hydrogens (tertiary/aromatic N) is 1. The molecule has 3 aromatic rings. The van der Waals surface area contributed by atoms with Gasteiger partial charge >= 0.3 is 0 Å². The molecule has 2 aliphatic rings. The van der Waals surface area contributed by atoms with Gasteiger partial charge in [0.25, 0.3) is 5.91 Å². The average Bonchev–Trinajstić information content (AvgIpc) is 3.44. The fourth-order valence-electron chi connectivity index (χ4n) is 4.73. The Morgan fingerprint density at radius 3 is 2.75 bits per heavy atom. The molecule has 1 aliphatic carbocycles. The van der Waals surface area contributed by atoms with Crippen LogP contribution in [-0.4, -0.2) is 46.7 Å². The maximum Gasteiger partial charge on any atom is 0.252 e. The number of carbonyl (C=O) groups excluding carboxylic acids is 2. The Morgan fingerprint density at radius 1 is 1.09 bits per heavy atom. The number of hydrogen-bond donors (Lipinski definition) is 3. The molecule has 7 nitrogen and oxygen atoms in total. The van der Waals surface area contributed by atoms with Crippen LogP contribution in [0.3, 0.4) is 0 Å². The lowest BCUT2D eigenvalue weighted by molar-refractivity contribution is -0.134. The van der Waals surface area contributed by atoms with Crippen LogP contribution in [0.5, 0.6) is 0 Å². The molecule has 166 valence electrons. The summed E-state index contributed by atoms with van der Waals surface area (Å²) in [5.41, 5.74) is 2.63. The monoisotopic (exact) mass is 451 g/mol. The molecule has 1 saturated heterocycles. The summed E-state index contributed by atoms with van der Waals surface area (Å²) < 4.78 is 10.5. The molecule has 1 aliphatic heterocycles. The second kappa shape index (κ2) is 8.97. The smallest absolute Gasteiger partial charge is 0.252 e. The number of aliphatic hydroxyl groups excluding tert-OH is 1. The first-order chi connectivity index (χ1) is 15.6. The van der Waals surface area contributed by atoms with Gasteiger partial charge in [-0.15, -0.1) is 0 Å². The summed E-state index contributed by atoms with van der Waals surface area (Å²) in [6.07, 6.45) is 2.56. The number of rotatable bonds is 5. The topological polar surface area (TPSA) is 101 Å². The van der Waals surface area contributed by atoms with Crippen molar-refractivity contribution in [2.75, 3.05) is 13.2 Å². The van der Waals surface area contributed by atoms with Crippen molar-refractivity contribution in [3.05, 3.63) is 65.4 Å². The molecule has 32 heavy (non-hydrogen) atoms. The molecular formula is C24H25N3O4S. The first-order valence-corrected chi connectivity index (χ1v) is 11.7. The lowest BCUT2D eigenvalue weighted by atomic mass is 9.93. The lowest BCUT2D eigenvalue weighted by Gasteiger charge is -2.29. The van der Waals surface area contributed by atoms with Crippen molar-refractivity contribution >= 4 is 33.4 Å².